The number of nitrogens with zero attached hydrogens (tertiary/aromatic N) is 1. The van der Waals surface area contributed by atoms with Crippen LogP contribution in [0.3, 0.4) is 0 Å². The Labute approximate surface area is 121 Å². The first kappa shape index (κ1) is 13.3. The summed E-state index contributed by atoms with van der Waals surface area (Å²) in [5.41, 5.74) is 0.925. The van der Waals surface area contributed by atoms with E-state index in [-0.39, 0.29) is 12.0 Å². The number of amides is 1. The van der Waals surface area contributed by atoms with E-state index < -0.39 is 0 Å². The number of furan rings is 1. The maximum atomic E-state index is 11.9. The molecule has 5 nitrogen and oxygen atoms in total. The van der Waals surface area contributed by atoms with E-state index in [2.05, 4.69) is 10.3 Å². The maximum absolute atomic E-state index is 11.9. The smallest absolute Gasteiger partial charge is 0.249 e. The average Bonchev–Trinajstić information content (AvgIpc) is 3.18. The van der Waals surface area contributed by atoms with Gasteiger partial charge in [0.1, 0.15) is 6.10 Å². The summed E-state index contributed by atoms with van der Waals surface area (Å²) in [6.07, 6.45) is 3.11. The molecule has 1 unspecified atom stereocenters. The number of hydrogen-bond acceptors (Lipinski definition) is 5. The number of aromatic nitrogens is 1. The zero-order valence-corrected chi connectivity index (χ0v) is 12.0. The number of nitrogens with one attached hydrogen (secondary N) is 1. The molecule has 2 aromatic heterocycles. The first-order valence-electron chi connectivity index (χ1n) is 6.63. The molecule has 0 bridgehead atoms. The molecule has 3 rings (SSSR count). The third-order valence-electron chi connectivity index (χ3n) is 3.27. The molecule has 3 heterocycles. The molecule has 0 spiro atoms. The molecule has 1 N–H and O–H groups in total. The molecule has 20 heavy (non-hydrogen) atoms. The van der Waals surface area contributed by atoms with Crippen LogP contribution in [0.2, 0.25) is 0 Å². The van der Waals surface area contributed by atoms with Crippen molar-refractivity contribution in [1.29, 1.82) is 0 Å². The van der Waals surface area contributed by atoms with Gasteiger partial charge in [0.15, 0.2) is 10.8 Å². The Balaban J connectivity index is 1.64. The molecular formula is C14H16N2O3S. The predicted molar refractivity (Wildman–Crippen MR) is 75.4 cm³/mol. The molecule has 0 saturated carbocycles. The lowest BCUT2D eigenvalue weighted by Gasteiger charge is -2.09. The summed E-state index contributed by atoms with van der Waals surface area (Å²) in [5, 5.41) is 3.76. The zero-order chi connectivity index (χ0) is 13.9. The maximum Gasteiger partial charge on any atom is 0.249 e. The second-order valence-electron chi connectivity index (χ2n) is 4.72. The van der Waals surface area contributed by atoms with Gasteiger partial charge in [-0.25, -0.2) is 4.98 Å². The van der Waals surface area contributed by atoms with Crippen LogP contribution < -0.4 is 5.32 Å². The molecule has 2 aromatic rings. The Morgan fingerprint density at radius 1 is 1.60 bits per heavy atom. The summed E-state index contributed by atoms with van der Waals surface area (Å²) in [7, 11) is 0. The Morgan fingerprint density at radius 2 is 2.50 bits per heavy atom. The number of ether oxygens (including phenoxy) is 1. The van der Waals surface area contributed by atoms with Crippen LogP contribution in [-0.4, -0.2) is 23.6 Å². The van der Waals surface area contributed by atoms with Gasteiger partial charge in [0.25, 0.3) is 0 Å². The van der Waals surface area contributed by atoms with E-state index in [1.165, 1.54) is 0 Å². The van der Waals surface area contributed by atoms with E-state index in [4.69, 9.17) is 9.15 Å². The number of hydrogen-bond donors (Lipinski definition) is 1. The lowest BCUT2D eigenvalue weighted by atomic mass is 10.2. The van der Waals surface area contributed by atoms with E-state index in [0.717, 1.165) is 34.2 Å². The summed E-state index contributed by atoms with van der Waals surface area (Å²) in [4.78, 5) is 17.4. The minimum absolute atomic E-state index is 0.0325. The molecule has 0 aliphatic carbocycles. The monoisotopic (exact) mass is 292 g/mol. The van der Waals surface area contributed by atoms with Crippen molar-refractivity contribution in [2.24, 2.45) is 0 Å². The Bertz CT molecular complexity index is 586. The molecule has 106 valence electrons. The van der Waals surface area contributed by atoms with Gasteiger partial charge in [-0.05, 0) is 31.9 Å². The summed E-state index contributed by atoms with van der Waals surface area (Å²) in [6.45, 7) is 3.11. The van der Waals surface area contributed by atoms with Crippen LogP contribution in [0, 0.1) is 6.92 Å². The standard InChI is InChI=1S/C14H16N2O3S/c1-9-12(8-15-13(17)10-4-2-6-18-10)20-14(16-9)11-5-3-7-19-11/h3,5,7,10H,2,4,6,8H2,1H3,(H,15,17). The van der Waals surface area contributed by atoms with Crippen LogP contribution >= 0.6 is 11.3 Å². The molecule has 1 saturated heterocycles. The van der Waals surface area contributed by atoms with Gasteiger partial charge in [-0.1, -0.05) is 0 Å². The Kier molecular flexibility index (Phi) is 3.84. The van der Waals surface area contributed by atoms with Crippen molar-refractivity contribution in [3.8, 4) is 10.8 Å². The van der Waals surface area contributed by atoms with Crippen LogP contribution in [0.1, 0.15) is 23.4 Å². The molecule has 1 atom stereocenters. The molecule has 0 radical (unpaired) electrons. The summed E-state index contributed by atoms with van der Waals surface area (Å²) in [5.74, 6) is 0.727. The van der Waals surface area contributed by atoms with Gasteiger partial charge < -0.3 is 14.5 Å². The molecule has 1 aliphatic rings. The fraction of sp³-hybridized carbons (Fsp3) is 0.429. The van der Waals surface area contributed by atoms with Crippen molar-refractivity contribution < 1.29 is 13.9 Å². The first-order valence-corrected chi connectivity index (χ1v) is 7.45. The number of carbonyl (C=O) groups excluding carboxylic acids is 1. The summed E-state index contributed by atoms with van der Waals surface area (Å²) in [6, 6.07) is 3.72. The highest BCUT2D eigenvalue weighted by Crippen LogP contribution is 2.28. The van der Waals surface area contributed by atoms with Crippen molar-refractivity contribution >= 4 is 17.2 Å². The van der Waals surface area contributed by atoms with E-state index >= 15 is 0 Å². The molecule has 1 fully saturated rings. The largest absolute Gasteiger partial charge is 0.462 e. The van der Waals surface area contributed by atoms with Gasteiger partial charge in [-0.15, -0.1) is 11.3 Å². The van der Waals surface area contributed by atoms with E-state index in [0.29, 0.717) is 13.2 Å². The second-order valence-corrected chi connectivity index (χ2v) is 5.81. The second kappa shape index (κ2) is 5.76. The van der Waals surface area contributed by atoms with Crippen LogP contribution in [0.25, 0.3) is 10.8 Å². The number of thiazole rings is 1. The molecular weight excluding hydrogens is 276 g/mol. The quantitative estimate of drug-likeness (QED) is 0.940. The lowest BCUT2D eigenvalue weighted by molar-refractivity contribution is -0.130. The third kappa shape index (κ3) is 2.76. The Hall–Kier alpha value is -1.66. The highest BCUT2D eigenvalue weighted by molar-refractivity contribution is 7.15. The normalized spacial score (nSPS) is 18.4. The van der Waals surface area contributed by atoms with Crippen molar-refractivity contribution in [2.45, 2.75) is 32.4 Å². The highest BCUT2D eigenvalue weighted by Gasteiger charge is 2.23. The van der Waals surface area contributed by atoms with Crippen molar-refractivity contribution in [1.82, 2.24) is 10.3 Å². The number of aryl methyl sites for hydroxylation is 1. The van der Waals surface area contributed by atoms with E-state index in [1.54, 1.807) is 17.6 Å². The van der Waals surface area contributed by atoms with Crippen molar-refractivity contribution in [3.05, 3.63) is 29.0 Å². The van der Waals surface area contributed by atoms with E-state index in [9.17, 15) is 4.79 Å². The minimum atomic E-state index is -0.284. The fourth-order valence-electron chi connectivity index (χ4n) is 2.16. The number of rotatable bonds is 4. The summed E-state index contributed by atoms with van der Waals surface area (Å²) < 4.78 is 10.7. The third-order valence-corrected chi connectivity index (χ3v) is 4.44. The Morgan fingerprint density at radius 3 is 3.20 bits per heavy atom. The zero-order valence-electron chi connectivity index (χ0n) is 11.2. The highest BCUT2D eigenvalue weighted by atomic mass is 32.1. The van der Waals surface area contributed by atoms with Gasteiger partial charge in [0.05, 0.1) is 18.5 Å². The predicted octanol–water partition coefficient (Wildman–Crippen LogP) is 2.51. The van der Waals surface area contributed by atoms with Crippen molar-refractivity contribution in [3.63, 3.8) is 0 Å². The van der Waals surface area contributed by atoms with Crippen LogP contribution in [0.15, 0.2) is 22.8 Å². The van der Waals surface area contributed by atoms with E-state index in [1.807, 2.05) is 19.1 Å². The van der Waals surface area contributed by atoms with Gasteiger partial charge in [0, 0.05) is 11.5 Å². The average molecular weight is 292 g/mol. The van der Waals surface area contributed by atoms with Crippen LogP contribution in [0.4, 0.5) is 0 Å². The molecule has 1 amide bonds. The SMILES string of the molecule is Cc1nc(-c2ccco2)sc1CNC(=O)C1CCCO1. The summed E-state index contributed by atoms with van der Waals surface area (Å²) >= 11 is 1.54. The lowest BCUT2D eigenvalue weighted by Crippen LogP contribution is -2.33. The van der Waals surface area contributed by atoms with Gasteiger partial charge in [0.2, 0.25) is 5.91 Å². The topological polar surface area (TPSA) is 64.4 Å². The van der Waals surface area contributed by atoms with Crippen molar-refractivity contribution in [2.75, 3.05) is 6.61 Å². The molecule has 1 aliphatic heterocycles. The van der Waals surface area contributed by atoms with Gasteiger partial charge >= 0.3 is 0 Å². The van der Waals surface area contributed by atoms with Gasteiger partial charge in [-0.2, -0.15) is 0 Å². The molecule has 6 heteroatoms. The number of carbonyl (C=O) groups is 1. The fourth-order valence-corrected chi connectivity index (χ4v) is 3.13. The van der Waals surface area contributed by atoms with Crippen LogP contribution in [-0.2, 0) is 16.1 Å². The van der Waals surface area contributed by atoms with Gasteiger partial charge in [-0.3, -0.25) is 4.79 Å². The minimum Gasteiger partial charge on any atom is -0.462 e. The van der Waals surface area contributed by atoms with Crippen LogP contribution in [0.5, 0.6) is 0 Å². The molecule has 0 aromatic carbocycles. The first-order chi connectivity index (χ1) is 9.74.